The van der Waals surface area contributed by atoms with E-state index in [1.54, 1.807) is 0 Å². The fourth-order valence-corrected chi connectivity index (χ4v) is 1.81. The van der Waals surface area contributed by atoms with Crippen molar-refractivity contribution < 1.29 is 0 Å². The first-order valence-corrected chi connectivity index (χ1v) is 6.02. The lowest BCUT2D eigenvalue weighted by molar-refractivity contribution is 0.695. The Hall–Kier alpha value is -1.62. The van der Waals surface area contributed by atoms with Crippen LogP contribution in [0.15, 0.2) is 18.5 Å². The molecule has 0 saturated heterocycles. The average Bonchev–Trinajstić information content (AvgIpc) is 2.92. The second-order valence-electron chi connectivity index (χ2n) is 4.02. The molecule has 0 aliphatic carbocycles. The van der Waals surface area contributed by atoms with Gasteiger partial charge in [0.25, 0.3) is 0 Å². The SMILES string of the molecule is CCNCc1ccn(-c2cn(C)nc2CC)n1. The molecule has 0 atom stereocenters. The summed E-state index contributed by atoms with van der Waals surface area (Å²) < 4.78 is 3.73. The normalized spacial score (nSPS) is 11.0. The number of aromatic nitrogens is 4. The van der Waals surface area contributed by atoms with E-state index in [1.807, 2.05) is 34.9 Å². The number of nitrogens with zero attached hydrogens (tertiary/aromatic N) is 4. The minimum Gasteiger partial charge on any atom is -0.311 e. The second kappa shape index (κ2) is 5.14. The monoisotopic (exact) mass is 233 g/mol. The lowest BCUT2D eigenvalue weighted by Gasteiger charge is -2.00. The standard InChI is InChI=1S/C12H19N5/c1-4-11-12(9-16(3)15-11)17-7-6-10(14-17)8-13-5-2/h6-7,9,13H,4-5,8H2,1-3H3. The van der Waals surface area contributed by atoms with Gasteiger partial charge in [-0.3, -0.25) is 4.68 Å². The Morgan fingerprint density at radius 2 is 2.12 bits per heavy atom. The highest BCUT2D eigenvalue weighted by Crippen LogP contribution is 2.12. The molecule has 1 N–H and O–H groups in total. The van der Waals surface area contributed by atoms with Gasteiger partial charge >= 0.3 is 0 Å². The van der Waals surface area contributed by atoms with E-state index in [2.05, 4.69) is 29.4 Å². The minimum absolute atomic E-state index is 0.811. The van der Waals surface area contributed by atoms with Crippen molar-refractivity contribution in [2.24, 2.45) is 7.05 Å². The van der Waals surface area contributed by atoms with E-state index in [-0.39, 0.29) is 0 Å². The van der Waals surface area contributed by atoms with Crippen molar-refractivity contribution in [1.82, 2.24) is 24.9 Å². The first kappa shape index (κ1) is 11.9. The Balaban J connectivity index is 2.23. The van der Waals surface area contributed by atoms with E-state index in [0.717, 1.165) is 36.6 Å². The number of nitrogens with one attached hydrogen (secondary N) is 1. The summed E-state index contributed by atoms with van der Waals surface area (Å²) in [4.78, 5) is 0. The molecular weight excluding hydrogens is 214 g/mol. The van der Waals surface area contributed by atoms with Crippen molar-refractivity contribution in [2.45, 2.75) is 26.8 Å². The maximum atomic E-state index is 4.54. The summed E-state index contributed by atoms with van der Waals surface area (Å²) in [5.41, 5.74) is 3.20. The van der Waals surface area contributed by atoms with Gasteiger partial charge in [0, 0.05) is 19.8 Å². The van der Waals surface area contributed by atoms with Crippen molar-refractivity contribution >= 4 is 0 Å². The first-order chi connectivity index (χ1) is 8.24. The number of rotatable bonds is 5. The van der Waals surface area contributed by atoms with Crippen LogP contribution in [0.4, 0.5) is 0 Å². The van der Waals surface area contributed by atoms with Gasteiger partial charge in [-0.05, 0) is 19.0 Å². The smallest absolute Gasteiger partial charge is 0.106 e. The van der Waals surface area contributed by atoms with Gasteiger partial charge in [0.1, 0.15) is 5.69 Å². The predicted octanol–water partition coefficient (Wildman–Crippen LogP) is 1.28. The van der Waals surface area contributed by atoms with Crippen LogP contribution < -0.4 is 5.32 Å². The Morgan fingerprint density at radius 1 is 1.29 bits per heavy atom. The van der Waals surface area contributed by atoms with E-state index < -0.39 is 0 Å². The highest BCUT2D eigenvalue weighted by molar-refractivity contribution is 5.33. The van der Waals surface area contributed by atoms with E-state index >= 15 is 0 Å². The Labute approximate surface area is 101 Å². The molecule has 0 amide bonds. The molecule has 2 rings (SSSR count). The molecule has 5 nitrogen and oxygen atoms in total. The van der Waals surface area contributed by atoms with Crippen molar-refractivity contribution in [3.8, 4) is 5.69 Å². The summed E-state index contributed by atoms with van der Waals surface area (Å²) in [5, 5.41) is 12.2. The van der Waals surface area contributed by atoms with Gasteiger partial charge in [-0.2, -0.15) is 10.2 Å². The van der Waals surface area contributed by atoms with Gasteiger partial charge in [-0.1, -0.05) is 13.8 Å². The quantitative estimate of drug-likeness (QED) is 0.846. The summed E-state index contributed by atoms with van der Waals surface area (Å²) in [6.07, 6.45) is 4.91. The summed E-state index contributed by atoms with van der Waals surface area (Å²) >= 11 is 0. The Morgan fingerprint density at radius 3 is 2.82 bits per heavy atom. The molecule has 0 aliphatic heterocycles. The molecule has 0 unspecified atom stereocenters. The van der Waals surface area contributed by atoms with Gasteiger partial charge in [0.05, 0.1) is 17.6 Å². The second-order valence-corrected chi connectivity index (χ2v) is 4.02. The molecule has 5 heteroatoms. The zero-order chi connectivity index (χ0) is 12.3. The van der Waals surface area contributed by atoms with Gasteiger partial charge in [-0.25, -0.2) is 4.68 Å². The maximum Gasteiger partial charge on any atom is 0.106 e. The van der Waals surface area contributed by atoms with Crippen LogP contribution in [0.5, 0.6) is 0 Å². The lowest BCUT2D eigenvalue weighted by Crippen LogP contribution is -2.12. The zero-order valence-corrected chi connectivity index (χ0v) is 10.6. The molecule has 92 valence electrons. The predicted molar refractivity (Wildman–Crippen MR) is 67.1 cm³/mol. The van der Waals surface area contributed by atoms with Crippen molar-refractivity contribution in [3.63, 3.8) is 0 Å². The Bertz CT molecular complexity index is 483. The summed E-state index contributed by atoms with van der Waals surface area (Å²) in [6.45, 7) is 5.97. The average molecular weight is 233 g/mol. The van der Waals surface area contributed by atoms with Gasteiger partial charge in [0.2, 0.25) is 0 Å². The number of hydrogen-bond donors (Lipinski definition) is 1. The highest BCUT2D eigenvalue weighted by atomic mass is 15.3. The molecule has 0 saturated carbocycles. The van der Waals surface area contributed by atoms with Crippen LogP contribution in [-0.4, -0.2) is 26.1 Å². The van der Waals surface area contributed by atoms with E-state index in [4.69, 9.17) is 0 Å². The molecule has 0 bridgehead atoms. The third-order valence-corrected chi connectivity index (χ3v) is 2.67. The summed E-state index contributed by atoms with van der Waals surface area (Å²) in [5.74, 6) is 0. The van der Waals surface area contributed by atoms with Crippen LogP contribution >= 0.6 is 0 Å². The van der Waals surface area contributed by atoms with Crippen molar-refractivity contribution in [1.29, 1.82) is 0 Å². The highest BCUT2D eigenvalue weighted by Gasteiger charge is 2.09. The van der Waals surface area contributed by atoms with Crippen LogP contribution in [0.1, 0.15) is 25.2 Å². The maximum absolute atomic E-state index is 4.54. The van der Waals surface area contributed by atoms with Crippen LogP contribution in [-0.2, 0) is 20.0 Å². The van der Waals surface area contributed by atoms with Gasteiger partial charge in [0.15, 0.2) is 0 Å². The molecule has 0 fully saturated rings. The lowest BCUT2D eigenvalue weighted by atomic mass is 10.3. The van der Waals surface area contributed by atoms with E-state index in [9.17, 15) is 0 Å². The topological polar surface area (TPSA) is 47.7 Å². The molecular formula is C12H19N5. The van der Waals surface area contributed by atoms with E-state index in [0.29, 0.717) is 0 Å². The molecule has 0 aliphatic rings. The van der Waals surface area contributed by atoms with E-state index in [1.165, 1.54) is 0 Å². The van der Waals surface area contributed by atoms with Crippen molar-refractivity contribution in [2.75, 3.05) is 6.54 Å². The van der Waals surface area contributed by atoms with Crippen LogP contribution in [0.3, 0.4) is 0 Å². The minimum atomic E-state index is 0.811. The van der Waals surface area contributed by atoms with Gasteiger partial charge < -0.3 is 5.32 Å². The molecule has 0 spiro atoms. The van der Waals surface area contributed by atoms with Crippen LogP contribution in [0, 0.1) is 0 Å². The molecule has 0 radical (unpaired) electrons. The summed E-state index contributed by atoms with van der Waals surface area (Å²) in [6, 6.07) is 2.04. The van der Waals surface area contributed by atoms with Crippen molar-refractivity contribution in [3.05, 3.63) is 29.8 Å². The third-order valence-electron chi connectivity index (χ3n) is 2.67. The van der Waals surface area contributed by atoms with Crippen LogP contribution in [0.2, 0.25) is 0 Å². The third kappa shape index (κ3) is 2.55. The van der Waals surface area contributed by atoms with Crippen LogP contribution in [0.25, 0.3) is 5.69 Å². The number of hydrogen-bond acceptors (Lipinski definition) is 3. The fraction of sp³-hybridized carbons (Fsp3) is 0.500. The number of aryl methyl sites for hydroxylation is 2. The largest absolute Gasteiger partial charge is 0.311 e. The molecule has 2 aromatic rings. The zero-order valence-electron chi connectivity index (χ0n) is 10.6. The molecule has 0 aromatic carbocycles. The van der Waals surface area contributed by atoms with Gasteiger partial charge in [-0.15, -0.1) is 0 Å². The summed E-state index contributed by atoms with van der Waals surface area (Å²) in [7, 11) is 1.94. The Kier molecular flexibility index (Phi) is 3.58. The molecule has 2 heterocycles. The first-order valence-electron chi connectivity index (χ1n) is 6.02. The molecule has 2 aromatic heterocycles. The fourth-order valence-electron chi connectivity index (χ4n) is 1.81. The molecule has 17 heavy (non-hydrogen) atoms.